The topological polar surface area (TPSA) is 47.3 Å². The normalized spacial score (nSPS) is 12.3. The van der Waals surface area contributed by atoms with Crippen molar-refractivity contribution in [2.24, 2.45) is 0 Å². The molecule has 21 heavy (non-hydrogen) atoms. The highest BCUT2D eigenvalue weighted by molar-refractivity contribution is 5.27. The number of aliphatic hydroxyl groups excluding tert-OH is 1. The number of imidazole rings is 1. The summed E-state index contributed by atoms with van der Waals surface area (Å²) in [5.41, 5.74) is 1.18. The summed E-state index contributed by atoms with van der Waals surface area (Å²) in [4.78, 5) is 4.31. The Balaban J connectivity index is 1.77. The average Bonchev–Trinajstić information content (AvgIpc) is 2.86. The van der Waals surface area contributed by atoms with Crippen molar-refractivity contribution in [2.75, 3.05) is 6.61 Å². The summed E-state index contributed by atoms with van der Waals surface area (Å²) in [5.74, 6) is 1.80. The van der Waals surface area contributed by atoms with Gasteiger partial charge in [0, 0.05) is 31.8 Å². The van der Waals surface area contributed by atoms with Gasteiger partial charge in [0.1, 0.15) is 11.6 Å². The van der Waals surface area contributed by atoms with Gasteiger partial charge in [-0.15, -0.1) is 0 Å². The van der Waals surface area contributed by atoms with Gasteiger partial charge in [0.05, 0.1) is 12.7 Å². The smallest absolute Gasteiger partial charge is 0.119 e. The Morgan fingerprint density at radius 3 is 3.00 bits per heavy atom. The van der Waals surface area contributed by atoms with Crippen LogP contribution in [0.15, 0.2) is 36.7 Å². The van der Waals surface area contributed by atoms with Crippen LogP contribution in [-0.4, -0.2) is 27.4 Å². The number of rotatable bonds is 8. The Labute approximate surface area is 126 Å². The fourth-order valence-electron chi connectivity index (χ4n) is 2.31. The van der Waals surface area contributed by atoms with E-state index in [9.17, 15) is 5.11 Å². The minimum absolute atomic E-state index is 0.423. The van der Waals surface area contributed by atoms with Crippen LogP contribution in [0.25, 0.3) is 0 Å². The zero-order chi connectivity index (χ0) is 15.1. The minimum Gasteiger partial charge on any atom is -0.493 e. The zero-order valence-electron chi connectivity index (χ0n) is 12.8. The van der Waals surface area contributed by atoms with Crippen LogP contribution < -0.4 is 4.74 Å². The van der Waals surface area contributed by atoms with Gasteiger partial charge < -0.3 is 14.4 Å². The monoisotopic (exact) mass is 288 g/mol. The fourth-order valence-corrected chi connectivity index (χ4v) is 2.31. The molecule has 1 aromatic heterocycles. The van der Waals surface area contributed by atoms with Crippen LogP contribution in [0.5, 0.6) is 5.75 Å². The molecule has 0 radical (unpaired) electrons. The molecule has 2 rings (SSSR count). The molecule has 0 bridgehead atoms. The Morgan fingerprint density at radius 1 is 1.38 bits per heavy atom. The van der Waals surface area contributed by atoms with Crippen LogP contribution in [-0.2, 0) is 13.0 Å². The summed E-state index contributed by atoms with van der Waals surface area (Å²) < 4.78 is 7.77. The highest BCUT2D eigenvalue weighted by atomic mass is 16.5. The van der Waals surface area contributed by atoms with E-state index in [4.69, 9.17) is 4.74 Å². The molecule has 0 aliphatic carbocycles. The maximum Gasteiger partial charge on any atom is 0.119 e. The van der Waals surface area contributed by atoms with Gasteiger partial charge in [-0.1, -0.05) is 19.1 Å². The van der Waals surface area contributed by atoms with E-state index in [0.717, 1.165) is 24.5 Å². The van der Waals surface area contributed by atoms with Crippen molar-refractivity contribution in [1.82, 2.24) is 9.55 Å². The number of nitrogens with zero attached hydrogens (tertiary/aromatic N) is 2. The lowest BCUT2D eigenvalue weighted by Crippen LogP contribution is -2.17. The van der Waals surface area contributed by atoms with Gasteiger partial charge in [0.15, 0.2) is 0 Å². The van der Waals surface area contributed by atoms with Crippen molar-refractivity contribution >= 4 is 0 Å². The van der Waals surface area contributed by atoms with Gasteiger partial charge in [0.25, 0.3) is 0 Å². The molecule has 0 aliphatic heterocycles. The van der Waals surface area contributed by atoms with Crippen LogP contribution in [0, 0.1) is 6.92 Å². The lowest BCUT2D eigenvalue weighted by molar-refractivity contribution is 0.136. The van der Waals surface area contributed by atoms with Crippen LogP contribution in [0.2, 0.25) is 0 Å². The number of hydrogen-bond acceptors (Lipinski definition) is 3. The van der Waals surface area contributed by atoms with Gasteiger partial charge >= 0.3 is 0 Å². The number of ether oxygens (including phenoxy) is 1. The zero-order valence-corrected chi connectivity index (χ0v) is 12.8. The van der Waals surface area contributed by atoms with Gasteiger partial charge in [-0.05, 0) is 31.0 Å². The Hall–Kier alpha value is -1.81. The first kappa shape index (κ1) is 15.6. The largest absolute Gasteiger partial charge is 0.493 e. The van der Waals surface area contributed by atoms with Gasteiger partial charge in [0.2, 0.25) is 0 Å². The second kappa shape index (κ2) is 7.84. The quantitative estimate of drug-likeness (QED) is 0.812. The summed E-state index contributed by atoms with van der Waals surface area (Å²) in [6, 6.07) is 7.95. The molecule has 0 saturated carbocycles. The summed E-state index contributed by atoms with van der Waals surface area (Å²) in [7, 11) is 0. The van der Waals surface area contributed by atoms with E-state index in [0.29, 0.717) is 19.4 Å². The molecule has 4 nitrogen and oxygen atoms in total. The fraction of sp³-hybridized carbons (Fsp3) is 0.471. The van der Waals surface area contributed by atoms with Crippen molar-refractivity contribution < 1.29 is 9.84 Å². The molecule has 114 valence electrons. The van der Waals surface area contributed by atoms with Gasteiger partial charge in [-0.25, -0.2) is 4.98 Å². The third-order valence-corrected chi connectivity index (χ3v) is 3.39. The molecule has 0 fully saturated rings. The molecular weight excluding hydrogens is 264 g/mol. The average molecular weight is 288 g/mol. The Kier molecular flexibility index (Phi) is 5.81. The van der Waals surface area contributed by atoms with Crippen molar-refractivity contribution in [3.63, 3.8) is 0 Å². The Morgan fingerprint density at radius 2 is 2.24 bits per heavy atom. The standard InChI is InChI=1S/C17H24N2O2/c1-3-9-19-10-8-18-17(19)13-15(20)7-11-21-16-6-4-5-14(2)12-16/h4-6,8,10,12,15,20H,3,7,9,11,13H2,1-2H3. The molecule has 2 aromatic rings. The third kappa shape index (κ3) is 4.90. The first-order valence-corrected chi connectivity index (χ1v) is 7.56. The maximum absolute atomic E-state index is 10.1. The SMILES string of the molecule is CCCn1ccnc1CC(O)CCOc1cccc(C)c1. The highest BCUT2D eigenvalue weighted by Gasteiger charge is 2.10. The minimum atomic E-state index is -0.423. The predicted octanol–water partition coefficient (Wildman–Crippen LogP) is 2.97. The maximum atomic E-state index is 10.1. The number of hydrogen-bond donors (Lipinski definition) is 1. The molecular formula is C17H24N2O2. The molecule has 1 aromatic carbocycles. The van der Waals surface area contributed by atoms with Gasteiger partial charge in [-0.3, -0.25) is 0 Å². The predicted molar refractivity (Wildman–Crippen MR) is 83.5 cm³/mol. The lowest BCUT2D eigenvalue weighted by Gasteiger charge is -2.13. The summed E-state index contributed by atoms with van der Waals surface area (Å²) in [6.45, 7) is 5.63. The molecule has 1 unspecified atom stereocenters. The molecule has 4 heteroatoms. The lowest BCUT2D eigenvalue weighted by atomic mass is 10.2. The van der Waals surface area contributed by atoms with Crippen molar-refractivity contribution in [1.29, 1.82) is 0 Å². The first-order chi connectivity index (χ1) is 10.2. The van der Waals surface area contributed by atoms with Crippen molar-refractivity contribution in [2.45, 2.75) is 45.8 Å². The van der Waals surface area contributed by atoms with Crippen LogP contribution in [0.3, 0.4) is 0 Å². The number of aryl methyl sites for hydroxylation is 2. The number of aromatic nitrogens is 2. The molecule has 1 N–H and O–H groups in total. The second-order valence-electron chi connectivity index (χ2n) is 5.35. The molecule has 1 heterocycles. The third-order valence-electron chi connectivity index (χ3n) is 3.39. The van der Waals surface area contributed by atoms with E-state index in [2.05, 4.69) is 16.5 Å². The Bertz CT molecular complexity index is 551. The second-order valence-corrected chi connectivity index (χ2v) is 5.35. The van der Waals surface area contributed by atoms with E-state index in [1.165, 1.54) is 5.56 Å². The molecule has 0 aliphatic rings. The van der Waals surface area contributed by atoms with Crippen molar-refractivity contribution in [3.8, 4) is 5.75 Å². The van der Waals surface area contributed by atoms with Gasteiger partial charge in [-0.2, -0.15) is 0 Å². The van der Waals surface area contributed by atoms with E-state index >= 15 is 0 Å². The van der Waals surface area contributed by atoms with Crippen LogP contribution >= 0.6 is 0 Å². The summed E-state index contributed by atoms with van der Waals surface area (Å²) >= 11 is 0. The summed E-state index contributed by atoms with van der Waals surface area (Å²) in [5, 5.41) is 10.1. The van der Waals surface area contributed by atoms with E-state index in [1.54, 1.807) is 6.20 Å². The molecule has 0 spiro atoms. The molecule has 0 amide bonds. The summed E-state index contributed by atoms with van der Waals surface area (Å²) in [6.07, 6.45) is 5.58. The van der Waals surface area contributed by atoms with Crippen molar-refractivity contribution in [3.05, 3.63) is 48.0 Å². The number of benzene rings is 1. The van der Waals surface area contributed by atoms with Crippen LogP contribution in [0.4, 0.5) is 0 Å². The molecule has 0 saturated heterocycles. The van der Waals surface area contributed by atoms with Crippen LogP contribution in [0.1, 0.15) is 31.2 Å². The highest BCUT2D eigenvalue weighted by Crippen LogP contribution is 2.13. The number of aliphatic hydroxyl groups is 1. The van der Waals surface area contributed by atoms with E-state index in [1.807, 2.05) is 37.4 Å². The van der Waals surface area contributed by atoms with E-state index in [-0.39, 0.29) is 0 Å². The first-order valence-electron chi connectivity index (χ1n) is 7.56. The molecule has 1 atom stereocenters. The van der Waals surface area contributed by atoms with E-state index < -0.39 is 6.10 Å².